The third-order valence-electron chi connectivity index (χ3n) is 3.41. The third-order valence-corrected chi connectivity index (χ3v) is 4.52. The molecule has 25 heavy (non-hydrogen) atoms. The van der Waals surface area contributed by atoms with E-state index in [2.05, 4.69) is 46.3 Å². The number of fused-ring (bicyclic) bond motifs is 2. The standard InChI is InChI=1S/C14H11BrFN7S.ClH/c1-24-14-21-12-7(15)5-18-23(12)13(22-14)17-6-10-19-9-4-2-3-8(16)11(9)20-10;/h2-5H,6H2,1H3,(H,19,20)(H,17,21,22);1H. The topological polar surface area (TPSA) is 83.8 Å². The normalized spacial score (nSPS) is 11.0. The van der Waals surface area contributed by atoms with Gasteiger partial charge in [0.05, 0.1) is 22.7 Å². The lowest BCUT2D eigenvalue weighted by molar-refractivity contribution is 0.637. The smallest absolute Gasteiger partial charge is 0.228 e. The second-order valence-electron chi connectivity index (χ2n) is 4.93. The van der Waals surface area contributed by atoms with Crippen molar-refractivity contribution >= 4 is 62.7 Å². The van der Waals surface area contributed by atoms with Crippen LogP contribution in [0, 0.1) is 5.82 Å². The summed E-state index contributed by atoms with van der Waals surface area (Å²) in [5.74, 6) is 0.801. The Morgan fingerprint density at radius 1 is 1.32 bits per heavy atom. The predicted molar refractivity (Wildman–Crippen MR) is 101 cm³/mol. The van der Waals surface area contributed by atoms with Crippen LogP contribution in [0.5, 0.6) is 0 Å². The van der Waals surface area contributed by atoms with Crippen molar-refractivity contribution in [1.29, 1.82) is 0 Å². The van der Waals surface area contributed by atoms with Crippen LogP contribution in [0.1, 0.15) is 5.82 Å². The maximum Gasteiger partial charge on any atom is 0.228 e. The summed E-state index contributed by atoms with van der Waals surface area (Å²) in [4.78, 5) is 16.2. The van der Waals surface area contributed by atoms with Crippen molar-refractivity contribution in [2.45, 2.75) is 11.7 Å². The molecule has 2 N–H and O–H groups in total. The molecule has 4 rings (SSSR count). The Morgan fingerprint density at radius 2 is 2.16 bits per heavy atom. The average Bonchev–Trinajstić information content (AvgIpc) is 3.17. The first-order chi connectivity index (χ1) is 11.7. The second kappa shape index (κ2) is 7.14. The van der Waals surface area contributed by atoms with Gasteiger partial charge in [0.2, 0.25) is 5.95 Å². The Hall–Kier alpha value is -1.91. The van der Waals surface area contributed by atoms with Gasteiger partial charge in [-0.05, 0) is 34.3 Å². The number of hydrogen-bond donors (Lipinski definition) is 2. The number of nitrogens with one attached hydrogen (secondary N) is 2. The number of rotatable bonds is 4. The minimum absolute atomic E-state index is 0. The molecule has 0 spiro atoms. The predicted octanol–water partition coefficient (Wildman–Crippen LogP) is 3.66. The van der Waals surface area contributed by atoms with Crippen molar-refractivity contribution in [3.05, 3.63) is 40.5 Å². The van der Waals surface area contributed by atoms with Crippen LogP contribution in [0.3, 0.4) is 0 Å². The van der Waals surface area contributed by atoms with Gasteiger partial charge >= 0.3 is 0 Å². The molecule has 3 aromatic heterocycles. The van der Waals surface area contributed by atoms with E-state index in [4.69, 9.17) is 0 Å². The lowest BCUT2D eigenvalue weighted by Gasteiger charge is -2.07. The number of H-pyrrole nitrogens is 1. The van der Waals surface area contributed by atoms with Gasteiger partial charge < -0.3 is 10.3 Å². The van der Waals surface area contributed by atoms with Gasteiger partial charge in [-0.25, -0.2) is 14.4 Å². The summed E-state index contributed by atoms with van der Waals surface area (Å²) in [7, 11) is 0. The van der Waals surface area contributed by atoms with Gasteiger partial charge in [-0.2, -0.15) is 14.6 Å². The summed E-state index contributed by atoms with van der Waals surface area (Å²) in [6.45, 7) is 0.353. The van der Waals surface area contributed by atoms with Gasteiger partial charge in [0, 0.05) is 0 Å². The van der Waals surface area contributed by atoms with Crippen LogP contribution in [0.4, 0.5) is 10.3 Å². The zero-order chi connectivity index (χ0) is 16.7. The second-order valence-corrected chi connectivity index (χ2v) is 6.56. The fourth-order valence-electron chi connectivity index (χ4n) is 2.33. The number of nitrogens with zero attached hydrogens (tertiary/aromatic N) is 5. The Kier molecular flexibility index (Phi) is 5.11. The number of imidazole rings is 1. The SMILES string of the molecule is CSc1nc(NCc2nc3c(F)cccc3[nH]2)n2ncc(Br)c2n1.Cl. The molecule has 0 atom stereocenters. The van der Waals surface area contributed by atoms with E-state index < -0.39 is 0 Å². The number of hydrogen-bond acceptors (Lipinski definition) is 6. The Bertz CT molecular complexity index is 1050. The van der Waals surface area contributed by atoms with Crippen molar-refractivity contribution in [3.63, 3.8) is 0 Å². The highest BCUT2D eigenvalue weighted by atomic mass is 79.9. The van der Waals surface area contributed by atoms with E-state index in [0.717, 1.165) is 4.47 Å². The van der Waals surface area contributed by atoms with Gasteiger partial charge in [0.15, 0.2) is 16.6 Å². The molecule has 1 aromatic carbocycles. The molecular formula is C14H12BrClFN7S. The first-order valence-electron chi connectivity index (χ1n) is 6.98. The quantitative estimate of drug-likeness (QED) is 0.467. The highest BCUT2D eigenvalue weighted by molar-refractivity contribution is 9.10. The van der Waals surface area contributed by atoms with Gasteiger partial charge in [0.25, 0.3) is 0 Å². The zero-order valence-corrected chi connectivity index (χ0v) is 16.0. The van der Waals surface area contributed by atoms with Gasteiger partial charge in [-0.3, -0.25) is 0 Å². The van der Waals surface area contributed by atoms with Crippen LogP contribution in [0.15, 0.2) is 34.0 Å². The number of benzene rings is 1. The number of thioether (sulfide) groups is 1. The van der Waals surface area contributed by atoms with Crippen LogP contribution in [-0.4, -0.2) is 35.8 Å². The molecule has 0 aliphatic heterocycles. The summed E-state index contributed by atoms with van der Waals surface area (Å²) in [5, 5.41) is 8.04. The largest absolute Gasteiger partial charge is 0.347 e. The summed E-state index contributed by atoms with van der Waals surface area (Å²) < 4.78 is 16.1. The van der Waals surface area contributed by atoms with Crippen LogP contribution in [0.2, 0.25) is 0 Å². The van der Waals surface area contributed by atoms with E-state index in [1.54, 1.807) is 22.8 Å². The third kappa shape index (κ3) is 3.29. The van der Waals surface area contributed by atoms with Gasteiger partial charge in [0.1, 0.15) is 11.3 Å². The van der Waals surface area contributed by atoms with E-state index in [9.17, 15) is 4.39 Å². The Balaban J connectivity index is 0.00000182. The summed E-state index contributed by atoms with van der Waals surface area (Å²) in [5.41, 5.74) is 1.66. The van der Waals surface area contributed by atoms with E-state index in [1.165, 1.54) is 17.8 Å². The zero-order valence-electron chi connectivity index (χ0n) is 12.8. The van der Waals surface area contributed by atoms with E-state index >= 15 is 0 Å². The van der Waals surface area contributed by atoms with Crippen molar-refractivity contribution in [2.24, 2.45) is 0 Å². The molecule has 0 saturated heterocycles. The monoisotopic (exact) mass is 443 g/mol. The maximum absolute atomic E-state index is 13.7. The van der Waals surface area contributed by atoms with Crippen LogP contribution >= 0.6 is 40.1 Å². The average molecular weight is 445 g/mol. The van der Waals surface area contributed by atoms with Crippen molar-refractivity contribution in [2.75, 3.05) is 11.6 Å². The Morgan fingerprint density at radius 3 is 2.92 bits per heavy atom. The van der Waals surface area contributed by atoms with Crippen molar-refractivity contribution in [3.8, 4) is 0 Å². The number of anilines is 1. The van der Waals surface area contributed by atoms with Gasteiger partial charge in [-0.15, -0.1) is 12.4 Å². The highest BCUT2D eigenvalue weighted by Crippen LogP contribution is 2.22. The molecule has 130 valence electrons. The molecule has 0 aliphatic rings. The fraction of sp³-hybridized carbons (Fsp3) is 0.143. The summed E-state index contributed by atoms with van der Waals surface area (Å²) >= 11 is 4.86. The Labute approximate surface area is 160 Å². The lowest BCUT2D eigenvalue weighted by atomic mass is 10.3. The first-order valence-corrected chi connectivity index (χ1v) is 8.99. The number of para-hydroxylation sites is 1. The molecule has 0 fully saturated rings. The summed E-state index contributed by atoms with van der Waals surface area (Å²) in [6, 6.07) is 4.82. The summed E-state index contributed by atoms with van der Waals surface area (Å²) in [6.07, 6.45) is 3.57. The number of halogens is 3. The van der Waals surface area contributed by atoms with E-state index in [0.29, 0.717) is 40.2 Å². The van der Waals surface area contributed by atoms with Crippen molar-refractivity contribution < 1.29 is 4.39 Å². The molecule has 0 bridgehead atoms. The number of aromatic nitrogens is 6. The molecule has 11 heteroatoms. The number of aromatic amines is 1. The fourth-order valence-corrected chi connectivity index (χ4v) is 3.04. The molecular weight excluding hydrogens is 433 g/mol. The van der Waals surface area contributed by atoms with Crippen molar-refractivity contribution in [1.82, 2.24) is 29.5 Å². The minimum Gasteiger partial charge on any atom is -0.347 e. The van der Waals surface area contributed by atoms with Gasteiger partial charge in [-0.1, -0.05) is 17.8 Å². The molecule has 3 heterocycles. The first kappa shape index (κ1) is 17.9. The van der Waals surface area contributed by atoms with Crippen LogP contribution in [-0.2, 0) is 6.54 Å². The van der Waals surface area contributed by atoms with Crippen LogP contribution < -0.4 is 5.32 Å². The van der Waals surface area contributed by atoms with E-state index in [1.807, 2.05) is 6.26 Å². The molecule has 7 nitrogen and oxygen atoms in total. The maximum atomic E-state index is 13.7. The van der Waals surface area contributed by atoms with E-state index in [-0.39, 0.29) is 18.2 Å². The molecule has 0 radical (unpaired) electrons. The molecule has 4 aromatic rings. The molecule has 0 unspecified atom stereocenters. The molecule has 0 saturated carbocycles. The molecule has 0 amide bonds. The minimum atomic E-state index is -0.347. The highest BCUT2D eigenvalue weighted by Gasteiger charge is 2.12. The molecule has 0 aliphatic carbocycles. The van der Waals surface area contributed by atoms with Crippen LogP contribution in [0.25, 0.3) is 16.7 Å². The lowest BCUT2D eigenvalue weighted by Crippen LogP contribution is -2.10.